The first-order valence-corrected chi connectivity index (χ1v) is 14.1. The second-order valence-electron chi connectivity index (χ2n) is 6.89. The van der Waals surface area contributed by atoms with Crippen LogP contribution in [-0.2, 0) is 41.7 Å². The molecular formula is C15H14N4O10P2S2. The van der Waals surface area contributed by atoms with Crippen molar-refractivity contribution in [3.05, 3.63) is 56.9 Å². The van der Waals surface area contributed by atoms with Crippen LogP contribution in [0.15, 0.2) is 36.7 Å². The SMILES string of the molecule is O=[N+]([O-])c1ccc(OP2(=S)OCC3(CO2)COP(=S)(Oc2ccc([N+](=O)[O-])cn2)OC3)nc1. The van der Waals surface area contributed by atoms with E-state index in [9.17, 15) is 20.2 Å². The molecule has 2 saturated heterocycles. The molecule has 0 unspecified atom stereocenters. The highest BCUT2D eigenvalue weighted by Crippen LogP contribution is 2.59. The average Bonchev–Trinajstić information content (AvgIpc) is 2.79. The van der Waals surface area contributed by atoms with Gasteiger partial charge in [-0.2, -0.15) is 0 Å². The van der Waals surface area contributed by atoms with E-state index in [4.69, 9.17) is 50.8 Å². The highest BCUT2D eigenvalue weighted by atomic mass is 32.5. The van der Waals surface area contributed by atoms with Gasteiger partial charge in [-0.25, -0.2) is 9.97 Å². The van der Waals surface area contributed by atoms with Crippen LogP contribution in [0, 0.1) is 25.6 Å². The first-order valence-electron chi connectivity index (χ1n) is 8.98. The quantitative estimate of drug-likeness (QED) is 0.299. The van der Waals surface area contributed by atoms with E-state index in [1.807, 2.05) is 0 Å². The smallest absolute Gasteiger partial charge is 0.381 e. The van der Waals surface area contributed by atoms with E-state index in [0.29, 0.717) is 0 Å². The van der Waals surface area contributed by atoms with E-state index >= 15 is 0 Å². The van der Waals surface area contributed by atoms with Gasteiger partial charge in [0.2, 0.25) is 11.8 Å². The van der Waals surface area contributed by atoms with Crippen molar-refractivity contribution in [1.82, 2.24) is 9.97 Å². The van der Waals surface area contributed by atoms with Crippen molar-refractivity contribution in [3.63, 3.8) is 0 Å². The zero-order chi connectivity index (χ0) is 23.7. The maximum absolute atomic E-state index is 10.7. The molecule has 2 aliphatic heterocycles. The third kappa shape index (κ3) is 5.67. The van der Waals surface area contributed by atoms with Crippen molar-refractivity contribution in [1.29, 1.82) is 0 Å². The summed E-state index contributed by atoms with van der Waals surface area (Å²) < 4.78 is 33.7. The molecular weight excluding hydrogens is 522 g/mol. The molecule has 1 spiro atoms. The van der Waals surface area contributed by atoms with E-state index in [-0.39, 0.29) is 49.6 Å². The van der Waals surface area contributed by atoms with Crippen LogP contribution in [0.3, 0.4) is 0 Å². The highest BCUT2D eigenvalue weighted by molar-refractivity contribution is 8.08. The third-order valence-electron chi connectivity index (χ3n) is 4.39. The monoisotopic (exact) mass is 536 g/mol. The molecule has 0 radical (unpaired) electrons. The van der Waals surface area contributed by atoms with E-state index in [2.05, 4.69) is 9.97 Å². The maximum atomic E-state index is 10.7. The molecule has 18 heteroatoms. The van der Waals surface area contributed by atoms with Gasteiger partial charge in [-0.05, 0) is 0 Å². The lowest BCUT2D eigenvalue weighted by molar-refractivity contribution is -0.385. The molecule has 4 heterocycles. The first-order chi connectivity index (χ1) is 15.6. The standard InChI is InChI=1S/C15H14N4O10P2S2/c20-18(21)11-1-3-13(16-5-11)28-30(32)24-7-15(8-25-30)9-26-31(33,27-10-15)29-14-4-2-12(6-17-14)19(22)23/h1-6H,7-10H2. The molecule has 0 atom stereocenters. The minimum atomic E-state index is -3.19. The number of nitrogens with zero attached hydrogens (tertiary/aromatic N) is 4. The van der Waals surface area contributed by atoms with Crippen LogP contribution < -0.4 is 9.05 Å². The summed E-state index contributed by atoms with van der Waals surface area (Å²) in [5.74, 6) is 0.0750. The van der Waals surface area contributed by atoms with Crippen molar-refractivity contribution < 1.29 is 37.0 Å². The summed E-state index contributed by atoms with van der Waals surface area (Å²) in [4.78, 5) is 27.9. The van der Waals surface area contributed by atoms with Gasteiger partial charge in [-0.15, -0.1) is 0 Å². The van der Waals surface area contributed by atoms with Crippen molar-refractivity contribution in [2.24, 2.45) is 5.41 Å². The zero-order valence-electron chi connectivity index (χ0n) is 16.4. The third-order valence-corrected chi connectivity index (χ3v) is 8.70. The van der Waals surface area contributed by atoms with Gasteiger partial charge in [-0.1, -0.05) is 0 Å². The van der Waals surface area contributed by atoms with E-state index in [1.165, 1.54) is 24.3 Å². The molecule has 4 rings (SSSR count). The largest absolute Gasteiger partial charge is 0.406 e. The van der Waals surface area contributed by atoms with Gasteiger partial charge in [-0.3, -0.25) is 38.3 Å². The summed E-state index contributed by atoms with van der Waals surface area (Å²) in [5.41, 5.74) is -1.09. The van der Waals surface area contributed by atoms with Crippen molar-refractivity contribution in [2.75, 3.05) is 26.4 Å². The van der Waals surface area contributed by atoms with E-state index in [1.54, 1.807) is 0 Å². The van der Waals surface area contributed by atoms with Crippen LogP contribution >= 0.6 is 13.4 Å². The highest BCUT2D eigenvalue weighted by Gasteiger charge is 2.48. The Kier molecular flexibility index (Phi) is 6.71. The molecule has 2 fully saturated rings. The fourth-order valence-corrected chi connectivity index (χ4v) is 6.44. The van der Waals surface area contributed by atoms with Gasteiger partial charge in [0.05, 0.1) is 41.7 Å². The molecule has 0 amide bonds. The predicted molar refractivity (Wildman–Crippen MR) is 118 cm³/mol. The number of nitro groups is 2. The maximum Gasteiger partial charge on any atom is 0.381 e. The van der Waals surface area contributed by atoms with E-state index < -0.39 is 28.7 Å². The van der Waals surface area contributed by atoms with Crippen LogP contribution in [0.4, 0.5) is 11.4 Å². The Balaban J connectivity index is 1.32. The molecule has 0 N–H and O–H groups in total. The van der Waals surface area contributed by atoms with Gasteiger partial charge < -0.3 is 9.05 Å². The number of rotatable bonds is 6. The summed E-state index contributed by atoms with van der Waals surface area (Å²) in [5, 5.41) is 21.4. The van der Waals surface area contributed by atoms with Gasteiger partial charge >= 0.3 is 13.4 Å². The molecule has 2 aromatic heterocycles. The topological polar surface area (TPSA) is 167 Å². The molecule has 2 aromatic rings. The fraction of sp³-hybridized carbons (Fsp3) is 0.333. The Morgan fingerprint density at radius 2 is 1.15 bits per heavy atom. The molecule has 14 nitrogen and oxygen atoms in total. The number of pyridine rings is 2. The van der Waals surface area contributed by atoms with Crippen LogP contribution in [0.2, 0.25) is 0 Å². The fourth-order valence-electron chi connectivity index (χ4n) is 2.59. The van der Waals surface area contributed by atoms with Crippen LogP contribution in [-0.4, -0.2) is 46.2 Å². The van der Waals surface area contributed by atoms with Crippen molar-refractivity contribution in [3.8, 4) is 11.8 Å². The van der Waals surface area contributed by atoms with Crippen molar-refractivity contribution >= 4 is 48.4 Å². The molecule has 0 saturated carbocycles. The summed E-state index contributed by atoms with van der Waals surface area (Å²) in [7, 11) is 0. The second kappa shape index (κ2) is 9.24. The Labute approximate surface area is 195 Å². The molecule has 33 heavy (non-hydrogen) atoms. The summed E-state index contributed by atoms with van der Waals surface area (Å²) >= 11 is 10.7. The normalized spacial score (nSPS) is 29.3. The van der Waals surface area contributed by atoms with Crippen LogP contribution in [0.1, 0.15) is 0 Å². The van der Waals surface area contributed by atoms with Gasteiger partial charge in [0, 0.05) is 47.9 Å². The Morgan fingerprint density at radius 1 is 0.788 bits per heavy atom. The lowest BCUT2D eigenvalue weighted by Crippen LogP contribution is -2.46. The average molecular weight is 536 g/mol. The lowest BCUT2D eigenvalue weighted by atomic mass is 9.93. The van der Waals surface area contributed by atoms with Crippen LogP contribution in [0.5, 0.6) is 11.8 Å². The molecule has 0 bridgehead atoms. The minimum absolute atomic E-state index is 0.0375. The Bertz CT molecular complexity index is 1050. The molecule has 2 aliphatic rings. The first kappa shape index (κ1) is 24.0. The molecule has 176 valence electrons. The summed E-state index contributed by atoms with van der Waals surface area (Å²) in [6.45, 7) is -6.04. The number of aromatic nitrogens is 2. The van der Waals surface area contributed by atoms with Crippen molar-refractivity contribution in [2.45, 2.75) is 0 Å². The molecule has 0 aliphatic carbocycles. The zero-order valence-corrected chi connectivity index (χ0v) is 19.8. The van der Waals surface area contributed by atoms with Gasteiger partial charge in [0.15, 0.2) is 0 Å². The number of hydrogen-bond donors (Lipinski definition) is 0. The lowest BCUT2D eigenvalue weighted by Gasteiger charge is -2.43. The predicted octanol–water partition coefficient (Wildman–Crippen LogP) is 3.28. The Hall–Kier alpha value is -2.16. The van der Waals surface area contributed by atoms with Gasteiger partial charge in [0.1, 0.15) is 12.4 Å². The summed E-state index contributed by atoms with van der Waals surface area (Å²) in [6, 6.07) is 5.06. The Morgan fingerprint density at radius 3 is 1.42 bits per heavy atom. The molecule has 0 aromatic carbocycles. The van der Waals surface area contributed by atoms with Gasteiger partial charge in [0.25, 0.3) is 11.4 Å². The van der Waals surface area contributed by atoms with E-state index in [0.717, 1.165) is 12.4 Å². The minimum Gasteiger partial charge on any atom is -0.406 e. The number of hydrogen-bond acceptors (Lipinski definition) is 14. The second-order valence-corrected chi connectivity index (χ2v) is 12.8. The summed E-state index contributed by atoms with van der Waals surface area (Å²) in [6.07, 6.45) is 2.08. The van der Waals surface area contributed by atoms with Crippen LogP contribution in [0.25, 0.3) is 0 Å².